The first-order valence-corrected chi connectivity index (χ1v) is 4.63. The number of hydrogen-bond acceptors (Lipinski definition) is 3. The van der Waals surface area contributed by atoms with Gasteiger partial charge in [0.05, 0.1) is 11.8 Å². The molecule has 1 atom stereocenters. The van der Waals surface area contributed by atoms with Gasteiger partial charge >= 0.3 is 6.04 Å². The fourth-order valence-electron chi connectivity index (χ4n) is 1.53. The molecule has 1 aliphatic rings. The highest BCUT2D eigenvalue weighted by Crippen LogP contribution is 2.21. The Hall–Kier alpha value is -1.23. The zero-order valence-electron chi connectivity index (χ0n) is 7.65. The fraction of sp³-hybridized carbons (Fsp3) is 0.556. The molecule has 0 N–H and O–H groups in total. The molecular weight excluding hydrogens is 187 g/mol. The molecule has 1 saturated heterocycles. The summed E-state index contributed by atoms with van der Waals surface area (Å²) in [5.41, 5.74) is -0.0147. The highest BCUT2D eigenvalue weighted by Gasteiger charge is 2.17. The molecule has 1 aromatic rings. The Morgan fingerprint density at radius 2 is 2.50 bits per heavy atom. The third-order valence-corrected chi connectivity index (χ3v) is 2.28. The van der Waals surface area contributed by atoms with Gasteiger partial charge in [-0.25, -0.2) is 4.68 Å². The zero-order valence-corrected chi connectivity index (χ0v) is 7.65. The predicted molar refractivity (Wildman–Crippen MR) is 46.5 cm³/mol. The van der Waals surface area contributed by atoms with Crippen LogP contribution < -0.4 is 0 Å². The summed E-state index contributed by atoms with van der Waals surface area (Å²) >= 11 is 0. The van der Waals surface area contributed by atoms with Crippen LogP contribution in [0.25, 0.3) is 0 Å². The minimum Gasteiger partial charge on any atom is -0.357 e. The number of ether oxygens (including phenoxy) is 1. The highest BCUT2D eigenvalue weighted by molar-refractivity contribution is 5.87. The molecule has 5 heteroatoms. The third-order valence-electron chi connectivity index (χ3n) is 2.28. The summed E-state index contributed by atoms with van der Waals surface area (Å²) in [6.45, 7) is 0.698. The van der Waals surface area contributed by atoms with E-state index in [0.29, 0.717) is 6.61 Å². The molecule has 1 unspecified atom stereocenters. The lowest BCUT2D eigenvalue weighted by Crippen LogP contribution is -2.18. The van der Waals surface area contributed by atoms with E-state index in [2.05, 4.69) is 5.10 Å². The van der Waals surface area contributed by atoms with Crippen LogP contribution in [0.2, 0.25) is 0 Å². The number of aromatic nitrogens is 2. The van der Waals surface area contributed by atoms with Crippen LogP contribution in [0.15, 0.2) is 12.4 Å². The molecule has 1 fully saturated rings. The lowest BCUT2D eigenvalue weighted by molar-refractivity contribution is -0.0395. The van der Waals surface area contributed by atoms with Crippen LogP contribution in [-0.4, -0.2) is 22.4 Å². The minimum atomic E-state index is -1.45. The molecule has 1 aromatic heterocycles. The van der Waals surface area contributed by atoms with Crippen molar-refractivity contribution in [3.8, 4) is 0 Å². The van der Waals surface area contributed by atoms with Crippen LogP contribution in [0.5, 0.6) is 0 Å². The predicted octanol–water partition coefficient (Wildman–Crippen LogP) is 1.69. The molecule has 0 amide bonds. The normalized spacial score (nSPS) is 22.2. The van der Waals surface area contributed by atoms with E-state index < -0.39 is 6.04 Å². The summed E-state index contributed by atoms with van der Waals surface area (Å²) in [6.07, 6.45) is 5.45. The zero-order chi connectivity index (χ0) is 9.97. The van der Waals surface area contributed by atoms with Crippen LogP contribution >= 0.6 is 0 Å². The Balaban J connectivity index is 2.11. The highest BCUT2D eigenvalue weighted by atomic mass is 19.1. The standard InChI is InChI=1S/C9H11FN2O2/c10-9(13)7-5-11-12(6-7)8-3-1-2-4-14-8/h5-6,8H,1-4H2. The van der Waals surface area contributed by atoms with Crippen molar-refractivity contribution in [2.75, 3.05) is 6.61 Å². The Labute approximate surface area is 80.7 Å². The molecule has 0 spiro atoms. The molecule has 0 aliphatic carbocycles. The maximum Gasteiger partial charge on any atom is 0.335 e. The molecule has 0 radical (unpaired) electrons. The molecule has 2 heterocycles. The molecule has 2 rings (SSSR count). The van der Waals surface area contributed by atoms with Gasteiger partial charge in [-0.2, -0.15) is 9.49 Å². The van der Waals surface area contributed by atoms with Gasteiger partial charge in [0.1, 0.15) is 6.23 Å². The number of halogens is 1. The van der Waals surface area contributed by atoms with Crippen molar-refractivity contribution in [3.63, 3.8) is 0 Å². The van der Waals surface area contributed by atoms with Crippen molar-refractivity contribution in [2.24, 2.45) is 0 Å². The second kappa shape index (κ2) is 3.88. The van der Waals surface area contributed by atoms with Crippen LogP contribution in [0.4, 0.5) is 4.39 Å². The summed E-state index contributed by atoms with van der Waals surface area (Å²) in [6, 6.07) is -1.45. The average Bonchev–Trinajstić information content (AvgIpc) is 2.68. The van der Waals surface area contributed by atoms with Crippen molar-refractivity contribution in [1.29, 1.82) is 0 Å². The molecule has 4 nitrogen and oxygen atoms in total. The van der Waals surface area contributed by atoms with Gasteiger partial charge in [-0.3, -0.25) is 4.79 Å². The molecule has 0 saturated carbocycles. The van der Waals surface area contributed by atoms with Gasteiger partial charge in [-0.1, -0.05) is 0 Å². The maximum absolute atomic E-state index is 12.3. The van der Waals surface area contributed by atoms with Crippen LogP contribution in [0.3, 0.4) is 0 Å². The van der Waals surface area contributed by atoms with Crippen LogP contribution in [-0.2, 0) is 4.74 Å². The topological polar surface area (TPSA) is 44.1 Å². The summed E-state index contributed by atoms with van der Waals surface area (Å²) in [5, 5.41) is 3.89. The van der Waals surface area contributed by atoms with Crippen molar-refractivity contribution in [1.82, 2.24) is 9.78 Å². The minimum absolute atomic E-state index is 0.0147. The summed E-state index contributed by atoms with van der Waals surface area (Å²) in [4.78, 5) is 10.4. The summed E-state index contributed by atoms with van der Waals surface area (Å²) in [5.74, 6) is 0. The molecule has 0 aromatic carbocycles. The Kier molecular flexibility index (Phi) is 2.58. The number of carbonyl (C=O) groups excluding carboxylic acids is 1. The van der Waals surface area contributed by atoms with Crippen LogP contribution in [0.1, 0.15) is 35.8 Å². The van der Waals surface area contributed by atoms with Crippen molar-refractivity contribution >= 4 is 6.04 Å². The van der Waals surface area contributed by atoms with Gasteiger partial charge in [0.25, 0.3) is 0 Å². The molecular formula is C9H11FN2O2. The lowest BCUT2D eigenvalue weighted by atomic mass is 10.2. The van der Waals surface area contributed by atoms with E-state index in [9.17, 15) is 9.18 Å². The van der Waals surface area contributed by atoms with E-state index in [4.69, 9.17) is 4.74 Å². The van der Waals surface area contributed by atoms with Crippen molar-refractivity contribution < 1.29 is 13.9 Å². The monoisotopic (exact) mass is 198 g/mol. The van der Waals surface area contributed by atoms with E-state index in [-0.39, 0.29) is 11.8 Å². The number of rotatable bonds is 2. The van der Waals surface area contributed by atoms with Gasteiger partial charge in [-0.05, 0) is 19.3 Å². The smallest absolute Gasteiger partial charge is 0.335 e. The molecule has 0 bridgehead atoms. The van der Waals surface area contributed by atoms with Crippen LogP contribution in [0, 0.1) is 0 Å². The molecule has 14 heavy (non-hydrogen) atoms. The Bertz CT molecular complexity index is 331. The lowest BCUT2D eigenvalue weighted by Gasteiger charge is -2.22. The van der Waals surface area contributed by atoms with Gasteiger partial charge in [0.2, 0.25) is 0 Å². The van der Waals surface area contributed by atoms with E-state index in [1.807, 2.05) is 0 Å². The SMILES string of the molecule is O=C(F)c1cnn(C2CCCCO2)c1. The van der Waals surface area contributed by atoms with Crippen molar-refractivity contribution in [2.45, 2.75) is 25.5 Å². The first kappa shape index (κ1) is 9.33. The van der Waals surface area contributed by atoms with Gasteiger partial charge < -0.3 is 4.74 Å². The van der Waals surface area contributed by atoms with E-state index in [0.717, 1.165) is 19.3 Å². The third kappa shape index (κ3) is 1.82. The Morgan fingerprint density at radius 3 is 3.07 bits per heavy atom. The first-order valence-electron chi connectivity index (χ1n) is 4.63. The van der Waals surface area contributed by atoms with E-state index >= 15 is 0 Å². The van der Waals surface area contributed by atoms with Gasteiger partial charge in [0, 0.05) is 12.8 Å². The molecule has 1 aliphatic heterocycles. The number of hydrogen-bond donors (Lipinski definition) is 0. The largest absolute Gasteiger partial charge is 0.357 e. The molecule has 76 valence electrons. The Morgan fingerprint density at radius 1 is 1.64 bits per heavy atom. The number of carbonyl (C=O) groups is 1. The van der Waals surface area contributed by atoms with Gasteiger partial charge in [-0.15, -0.1) is 0 Å². The van der Waals surface area contributed by atoms with Crippen molar-refractivity contribution in [3.05, 3.63) is 18.0 Å². The average molecular weight is 198 g/mol. The maximum atomic E-state index is 12.3. The van der Waals surface area contributed by atoms with E-state index in [1.54, 1.807) is 0 Å². The van der Waals surface area contributed by atoms with Gasteiger partial charge in [0.15, 0.2) is 0 Å². The first-order chi connectivity index (χ1) is 6.77. The number of nitrogens with zero attached hydrogens (tertiary/aromatic N) is 2. The summed E-state index contributed by atoms with van der Waals surface area (Å²) in [7, 11) is 0. The fourth-order valence-corrected chi connectivity index (χ4v) is 1.53. The second-order valence-electron chi connectivity index (χ2n) is 3.30. The summed E-state index contributed by atoms with van der Waals surface area (Å²) < 4.78 is 19.2. The second-order valence-corrected chi connectivity index (χ2v) is 3.30. The quantitative estimate of drug-likeness (QED) is 0.679. The van der Waals surface area contributed by atoms with E-state index in [1.165, 1.54) is 17.1 Å².